The first-order valence-electron chi connectivity index (χ1n) is 7.67. The van der Waals surface area contributed by atoms with Gasteiger partial charge in [-0.05, 0) is 25.2 Å². The Hall–Kier alpha value is -2.51. The molecule has 7 heteroatoms. The van der Waals surface area contributed by atoms with Gasteiger partial charge in [0.15, 0.2) is 5.82 Å². The highest BCUT2D eigenvalue weighted by Gasteiger charge is 2.26. The van der Waals surface area contributed by atoms with Crippen LogP contribution in [-0.2, 0) is 0 Å². The average Bonchev–Trinajstić information content (AvgIpc) is 3.27. The number of hydrogen-bond acceptors (Lipinski definition) is 6. The SMILES string of the molecule is CN1CCNCC1c1noc(-c2ccccc2-n2cccn2)n1. The second-order valence-electron chi connectivity index (χ2n) is 5.63. The van der Waals surface area contributed by atoms with Crippen molar-refractivity contribution < 1.29 is 4.52 Å². The molecule has 1 aromatic carbocycles. The van der Waals surface area contributed by atoms with Crippen LogP contribution in [0.4, 0.5) is 0 Å². The minimum Gasteiger partial charge on any atom is -0.334 e. The Morgan fingerprint density at radius 3 is 3.00 bits per heavy atom. The van der Waals surface area contributed by atoms with Crippen molar-refractivity contribution in [3.05, 3.63) is 48.5 Å². The summed E-state index contributed by atoms with van der Waals surface area (Å²) in [4.78, 5) is 6.87. The Morgan fingerprint density at radius 2 is 2.17 bits per heavy atom. The minimum absolute atomic E-state index is 0.137. The summed E-state index contributed by atoms with van der Waals surface area (Å²) in [6.07, 6.45) is 3.65. The maximum absolute atomic E-state index is 5.53. The first kappa shape index (κ1) is 14.1. The number of likely N-dealkylation sites (N-methyl/N-ethyl adjacent to an activating group) is 1. The maximum atomic E-state index is 5.53. The Kier molecular flexibility index (Phi) is 3.64. The van der Waals surface area contributed by atoms with Crippen LogP contribution in [0.25, 0.3) is 17.1 Å². The van der Waals surface area contributed by atoms with Gasteiger partial charge >= 0.3 is 0 Å². The van der Waals surface area contributed by atoms with E-state index in [1.54, 1.807) is 10.9 Å². The van der Waals surface area contributed by atoms with E-state index < -0.39 is 0 Å². The van der Waals surface area contributed by atoms with Crippen LogP contribution in [0.3, 0.4) is 0 Å². The van der Waals surface area contributed by atoms with Crippen molar-refractivity contribution in [1.29, 1.82) is 0 Å². The van der Waals surface area contributed by atoms with Gasteiger partial charge in [0.05, 0.1) is 17.3 Å². The van der Waals surface area contributed by atoms with Crippen LogP contribution in [0.2, 0.25) is 0 Å². The largest absolute Gasteiger partial charge is 0.334 e. The van der Waals surface area contributed by atoms with E-state index in [-0.39, 0.29) is 6.04 Å². The molecule has 0 bridgehead atoms. The lowest BCUT2D eigenvalue weighted by atomic mass is 10.1. The van der Waals surface area contributed by atoms with Crippen molar-refractivity contribution in [2.24, 2.45) is 0 Å². The van der Waals surface area contributed by atoms with E-state index in [1.807, 2.05) is 36.5 Å². The zero-order valence-electron chi connectivity index (χ0n) is 12.9. The summed E-state index contributed by atoms with van der Waals surface area (Å²) in [7, 11) is 2.08. The molecular formula is C16H18N6O. The molecule has 1 N–H and O–H groups in total. The van der Waals surface area contributed by atoms with Crippen molar-refractivity contribution in [2.75, 3.05) is 26.7 Å². The topological polar surface area (TPSA) is 72.0 Å². The van der Waals surface area contributed by atoms with Crippen LogP contribution in [0.15, 0.2) is 47.2 Å². The normalized spacial score (nSPS) is 19.1. The molecule has 7 nitrogen and oxygen atoms in total. The van der Waals surface area contributed by atoms with Gasteiger partial charge in [-0.1, -0.05) is 17.3 Å². The highest BCUT2D eigenvalue weighted by atomic mass is 16.5. The predicted molar refractivity (Wildman–Crippen MR) is 85.1 cm³/mol. The van der Waals surface area contributed by atoms with Crippen molar-refractivity contribution in [1.82, 2.24) is 30.1 Å². The number of hydrogen-bond donors (Lipinski definition) is 1. The van der Waals surface area contributed by atoms with E-state index in [0.717, 1.165) is 30.9 Å². The molecule has 1 aliphatic heterocycles. The summed E-state index contributed by atoms with van der Waals surface area (Å²) in [5.74, 6) is 1.23. The van der Waals surface area contributed by atoms with Crippen molar-refractivity contribution in [3.8, 4) is 17.1 Å². The summed E-state index contributed by atoms with van der Waals surface area (Å²) < 4.78 is 7.33. The molecule has 2 aromatic heterocycles. The standard InChI is InChI=1S/C16H18N6O/c1-21-10-8-17-11-14(21)15-19-16(23-20-15)12-5-2-3-6-13(12)22-9-4-7-18-22/h2-7,9,14,17H,8,10-11H2,1H3. The third kappa shape index (κ3) is 2.64. The van der Waals surface area contributed by atoms with E-state index in [4.69, 9.17) is 4.52 Å². The zero-order chi connectivity index (χ0) is 15.6. The molecule has 1 aliphatic rings. The average molecular weight is 310 g/mol. The molecule has 1 unspecified atom stereocenters. The van der Waals surface area contributed by atoms with Gasteiger partial charge in [-0.25, -0.2) is 4.68 Å². The first-order chi connectivity index (χ1) is 11.3. The summed E-state index contributed by atoms with van der Waals surface area (Å²) in [5, 5.41) is 11.9. The van der Waals surface area contributed by atoms with E-state index in [9.17, 15) is 0 Å². The fraction of sp³-hybridized carbons (Fsp3) is 0.312. The molecule has 0 spiro atoms. The second-order valence-corrected chi connectivity index (χ2v) is 5.63. The van der Waals surface area contributed by atoms with Crippen molar-refractivity contribution in [2.45, 2.75) is 6.04 Å². The lowest BCUT2D eigenvalue weighted by Crippen LogP contribution is -2.44. The number of benzene rings is 1. The molecule has 1 fully saturated rings. The van der Waals surface area contributed by atoms with Gasteiger partial charge in [0, 0.05) is 32.0 Å². The quantitative estimate of drug-likeness (QED) is 0.790. The number of piperazine rings is 1. The van der Waals surface area contributed by atoms with Crippen molar-refractivity contribution >= 4 is 0 Å². The molecule has 3 heterocycles. The van der Waals surface area contributed by atoms with Gasteiger partial charge in [-0.15, -0.1) is 0 Å². The molecule has 23 heavy (non-hydrogen) atoms. The molecule has 1 saturated heterocycles. The first-order valence-corrected chi connectivity index (χ1v) is 7.67. The third-order valence-corrected chi connectivity index (χ3v) is 4.14. The second kappa shape index (κ2) is 5.94. The molecule has 0 radical (unpaired) electrons. The minimum atomic E-state index is 0.137. The summed E-state index contributed by atoms with van der Waals surface area (Å²) in [6.45, 7) is 2.79. The summed E-state index contributed by atoms with van der Waals surface area (Å²) in [6, 6.07) is 9.91. The lowest BCUT2D eigenvalue weighted by molar-refractivity contribution is 0.190. The van der Waals surface area contributed by atoms with Crippen LogP contribution >= 0.6 is 0 Å². The molecule has 1 atom stereocenters. The highest BCUT2D eigenvalue weighted by Crippen LogP contribution is 2.27. The molecule has 0 amide bonds. The molecular weight excluding hydrogens is 292 g/mol. The zero-order valence-corrected chi connectivity index (χ0v) is 12.9. The number of para-hydroxylation sites is 1. The third-order valence-electron chi connectivity index (χ3n) is 4.14. The van der Waals surface area contributed by atoms with Crippen LogP contribution in [0.5, 0.6) is 0 Å². The van der Waals surface area contributed by atoms with Gasteiger partial charge in [-0.3, -0.25) is 4.90 Å². The molecule has 0 aliphatic carbocycles. The van der Waals surface area contributed by atoms with Gasteiger partial charge in [0.25, 0.3) is 5.89 Å². The number of aromatic nitrogens is 4. The number of nitrogens with zero attached hydrogens (tertiary/aromatic N) is 5. The molecule has 0 saturated carbocycles. The Balaban J connectivity index is 1.70. The van der Waals surface area contributed by atoms with Crippen molar-refractivity contribution in [3.63, 3.8) is 0 Å². The molecule has 118 valence electrons. The van der Waals surface area contributed by atoms with Crippen LogP contribution in [0, 0.1) is 0 Å². The van der Waals surface area contributed by atoms with Crippen LogP contribution in [-0.4, -0.2) is 51.5 Å². The smallest absolute Gasteiger partial charge is 0.260 e. The fourth-order valence-corrected chi connectivity index (χ4v) is 2.84. The van der Waals surface area contributed by atoms with E-state index >= 15 is 0 Å². The van der Waals surface area contributed by atoms with E-state index in [2.05, 4.69) is 32.5 Å². The Labute approximate surface area is 133 Å². The predicted octanol–water partition coefficient (Wildman–Crippen LogP) is 1.50. The molecule has 3 aromatic rings. The highest BCUT2D eigenvalue weighted by molar-refractivity contribution is 5.65. The van der Waals surface area contributed by atoms with Gasteiger partial charge in [-0.2, -0.15) is 10.1 Å². The van der Waals surface area contributed by atoms with Gasteiger partial charge in [0.1, 0.15) is 0 Å². The van der Waals surface area contributed by atoms with Crippen LogP contribution in [0.1, 0.15) is 11.9 Å². The maximum Gasteiger partial charge on any atom is 0.260 e. The van der Waals surface area contributed by atoms with Crippen LogP contribution < -0.4 is 5.32 Å². The van der Waals surface area contributed by atoms with E-state index in [0.29, 0.717) is 11.7 Å². The van der Waals surface area contributed by atoms with E-state index in [1.165, 1.54) is 0 Å². The lowest BCUT2D eigenvalue weighted by Gasteiger charge is -2.30. The Morgan fingerprint density at radius 1 is 1.26 bits per heavy atom. The number of rotatable bonds is 3. The molecule has 4 rings (SSSR count). The monoisotopic (exact) mass is 310 g/mol. The summed E-state index contributed by atoms with van der Waals surface area (Å²) in [5.41, 5.74) is 1.80. The fourth-order valence-electron chi connectivity index (χ4n) is 2.84. The summed E-state index contributed by atoms with van der Waals surface area (Å²) >= 11 is 0. The van der Waals surface area contributed by atoms with Gasteiger partial charge in [0.2, 0.25) is 0 Å². The van der Waals surface area contributed by atoms with Gasteiger partial charge < -0.3 is 9.84 Å². The Bertz CT molecular complexity index is 781. The number of nitrogens with one attached hydrogen (secondary N) is 1.